The van der Waals surface area contributed by atoms with Gasteiger partial charge in [0.2, 0.25) is 6.10 Å². The van der Waals surface area contributed by atoms with Crippen LogP contribution in [0, 0.1) is 10.8 Å². The molecule has 0 saturated carbocycles. The van der Waals surface area contributed by atoms with Crippen molar-refractivity contribution >= 4 is 77.6 Å². The van der Waals surface area contributed by atoms with Gasteiger partial charge >= 0.3 is 77.6 Å². The van der Waals surface area contributed by atoms with Crippen LogP contribution in [0.1, 0.15) is 142 Å². The molecule has 3 aliphatic rings. The Morgan fingerprint density at radius 1 is 0.321 bits per heavy atom. The quantitative estimate of drug-likeness (QED) is 0.0270. The minimum atomic E-state index is -2.80. The summed E-state index contributed by atoms with van der Waals surface area (Å²) in [5.41, 5.74) is -3.78. The highest BCUT2D eigenvalue weighted by molar-refractivity contribution is 5.95. The van der Waals surface area contributed by atoms with E-state index in [9.17, 15) is 72.5 Å². The number of carbonyl (C=O) groups is 13. The average molecular weight is 1800 g/mol. The largest absolute Gasteiger partial charge is 0.478 e. The summed E-state index contributed by atoms with van der Waals surface area (Å²) in [5, 5.41) is 24.9. The fourth-order valence-corrected chi connectivity index (χ4v) is 13.7. The van der Waals surface area contributed by atoms with Gasteiger partial charge in [-0.05, 0) is 151 Å². The Kier molecular flexibility index (Phi) is 32.7. The van der Waals surface area contributed by atoms with E-state index in [0.29, 0.717) is 0 Å². The van der Waals surface area contributed by atoms with Crippen LogP contribution in [-0.2, 0) is 104 Å². The van der Waals surface area contributed by atoms with Crippen LogP contribution < -0.4 is 0 Å². The zero-order valence-corrected chi connectivity index (χ0v) is 71.8. The molecule has 0 unspecified atom stereocenters. The summed E-state index contributed by atoms with van der Waals surface area (Å²) < 4.78 is 114. The molecule has 3 heterocycles. The molecule has 3 fully saturated rings. The fourth-order valence-electron chi connectivity index (χ4n) is 13.7. The van der Waals surface area contributed by atoms with Crippen molar-refractivity contribution < 1.29 is 158 Å². The minimum Gasteiger partial charge on any atom is -0.478 e. The number of esters is 12. The van der Waals surface area contributed by atoms with Crippen LogP contribution in [-0.4, -0.2) is 225 Å². The molecule has 33 nitrogen and oxygen atoms in total. The molecule has 0 aromatic heterocycles. The van der Waals surface area contributed by atoms with Crippen molar-refractivity contribution in [1.82, 2.24) is 0 Å². The van der Waals surface area contributed by atoms with Crippen molar-refractivity contribution in [3.63, 3.8) is 0 Å². The number of aliphatic carboxylic acids is 1. The second-order valence-electron chi connectivity index (χ2n) is 32.1. The lowest BCUT2D eigenvalue weighted by Gasteiger charge is -2.35. The molecule has 12 rings (SSSR count). The number of rotatable bonds is 37. The second kappa shape index (κ2) is 44.7. The van der Waals surface area contributed by atoms with E-state index < -0.39 is 225 Å². The Morgan fingerprint density at radius 2 is 0.641 bits per heavy atom. The lowest BCUT2D eigenvalue weighted by Crippen LogP contribution is -2.55. The van der Waals surface area contributed by atoms with E-state index in [1.54, 1.807) is 66.7 Å². The molecule has 18 atom stereocenters. The Hall–Kier alpha value is -14.2. The van der Waals surface area contributed by atoms with Gasteiger partial charge in [0.05, 0.1) is 67.5 Å². The third kappa shape index (κ3) is 25.7. The summed E-state index contributed by atoms with van der Waals surface area (Å²) in [5.74, 6) is -15.4. The SMILES string of the molecule is CC(=O)O[C@H]1[C@H]([C@@H](COC(=O)C(C)(C)C)O[C@@H]2O[C@@H]([C@@H](COC(=O)c3ccccc3)OC(=O)c3ccccc3)[C@H](OC(=O)c3ccccc3)[C@H]2OC(=O)c2ccccc2)O[C@@H](OC[C@@H](O[C@H]2O[C@H](COC(=O)c3ccccc3)[C@@H](OC(=O)c3ccccc3)[C@@H]2OC(=O)c2ccccc2)[C@H](O)[C@H](OC(=O)c2ccccc2)[C@@H](OC(=O)c2ccccc2)C(=O)O)[C@@H]1OC(=O)C(C)(C)C. The predicted molar refractivity (Wildman–Crippen MR) is 454 cm³/mol. The van der Waals surface area contributed by atoms with E-state index in [0.717, 1.165) is 6.92 Å². The first-order chi connectivity index (χ1) is 62.9. The number of hydrogen-bond donors (Lipinski definition) is 2. The van der Waals surface area contributed by atoms with E-state index in [1.807, 2.05) is 0 Å². The molecule has 0 spiro atoms. The summed E-state index contributed by atoms with van der Waals surface area (Å²) in [7, 11) is 0. The summed E-state index contributed by atoms with van der Waals surface area (Å²) in [6.07, 6.45) is -39.8. The molecule has 0 aliphatic carbocycles. The number of carboxylic acids is 1. The summed E-state index contributed by atoms with van der Waals surface area (Å²) in [6.45, 7) is 5.53. The summed E-state index contributed by atoms with van der Waals surface area (Å²) >= 11 is 0. The highest BCUT2D eigenvalue weighted by Crippen LogP contribution is 2.40. The Bertz CT molecular complexity index is 5390. The number of hydrogen-bond acceptors (Lipinski definition) is 32. The number of carboxylic acid groups (broad SMARTS) is 1. The summed E-state index contributed by atoms with van der Waals surface area (Å²) in [4.78, 5) is 188. The molecule has 33 heteroatoms. The van der Waals surface area contributed by atoms with E-state index in [4.69, 9.17) is 85.3 Å². The van der Waals surface area contributed by atoms with Gasteiger partial charge in [0.15, 0.2) is 67.7 Å². The molecular weight excluding hydrogens is 1710 g/mol. The van der Waals surface area contributed by atoms with Gasteiger partial charge in [0.1, 0.15) is 56.4 Å². The minimum absolute atomic E-state index is 0.0284. The van der Waals surface area contributed by atoms with Crippen LogP contribution in [0.5, 0.6) is 0 Å². The maximum Gasteiger partial charge on any atom is 0.349 e. The first-order valence-electron chi connectivity index (χ1n) is 41.5. The standard InChI is InChI=1S/C98H94O33/c1-57(99)118-76-73(70(56-117-95(112)97(2,3)4)122-94-81(128-91(111)66-51-33-16-34-52-66)77(125-88(108)63-45-27-13-28-46-63)72(130-94)68(119-85(105)60-39-21-10-22-40-60)54-114-83(103)58-35-17-8-18-36-58)129-92(80(76)131-96(113)98(5,6)7)116-53-67(71(100)75(124-87(107)62-43-25-12-26-44-62)78(82(101)102)126-89(109)64-47-29-14-30-48-64)120-93-79(127-90(110)65-49-31-15-32-50-65)74(123-86(106)61-41-23-11-24-42-61)69(121-93)55-115-84(104)59-37-19-9-20-38-59/h8-52,67-81,92-94,100H,53-56H2,1-7H3,(H,101,102)/t67-,68-,69-,70-,71+,72+,73+,74-,75+,76+,77+,78-,79+,80-,81-,92-,93+,94-/m1/s1. The zero-order chi connectivity index (χ0) is 93.5. The molecular formula is C98H94O33. The highest BCUT2D eigenvalue weighted by atomic mass is 16.8. The Balaban J connectivity index is 1.01. The molecule has 684 valence electrons. The van der Waals surface area contributed by atoms with E-state index in [2.05, 4.69) is 0 Å². The molecule has 3 aliphatic heterocycles. The topological polar surface area (TPSA) is 429 Å². The molecule has 0 radical (unpaired) electrons. The molecule has 9 aromatic rings. The second-order valence-corrected chi connectivity index (χ2v) is 32.1. The maximum atomic E-state index is 14.9. The van der Waals surface area contributed by atoms with Crippen LogP contribution in [0.25, 0.3) is 0 Å². The third-order valence-corrected chi connectivity index (χ3v) is 20.4. The maximum absolute atomic E-state index is 14.9. The monoisotopic (exact) mass is 1800 g/mol. The number of aliphatic hydroxyl groups excluding tert-OH is 1. The number of carbonyl (C=O) groups excluding carboxylic acids is 12. The Morgan fingerprint density at radius 3 is 1.05 bits per heavy atom. The lowest BCUT2D eigenvalue weighted by atomic mass is 9.97. The molecule has 0 bridgehead atoms. The van der Waals surface area contributed by atoms with Crippen LogP contribution in [0.4, 0.5) is 0 Å². The highest BCUT2D eigenvalue weighted by Gasteiger charge is 2.61. The van der Waals surface area contributed by atoms with Crippen molar-refractivity contribution in [3.05, 3.63) is 323 Å². The number of aliphatic hydroxyl groups is 1. The first-order valence-corrected chi connectivity index (χ1v) is 41.5. The van der Waals surface area contributed by atoms with Gasteiger partial charge in [0.25, 0.3) is 0 Å². The number of benzene rings is 9. The van der Waals surface area contributed by atoms with Crippen LogP contribution in [0.2, 0.25) is 0 Å². The molecule has 2 N–H and O–H groups in total. The Labute approximate surface area is 751 Å². The normalized spacial score (nSPS) is 21.2. The molecule has 0 amide bonds. The van der Waals surface area contributed by atoms with Gasteiger partial charge < -0.3 is 95.5 Å². The smallest absolute Gasteiger partial charge is 0.349 e. The summed E-state index contributed by atoms with van der Waals surface area (Å²) in [6, 6.07) is 65.7. The third-order valence-electron chi connectivity index (χ3n) is 20.4. The first kappa shape index (κ1) is 95.9. The number of ether oxygens (including phenoxy) is 18. The molecule has 3 saturated heterocycles. The van der Waals surface area contributed by atoms with Gasteiger partial charge in [0, 0.05) is 6.92 Å². The van der Waals surface area contributed by atoms with Crippen LogP contribution >= 0.6 is 0 Å². The van der Waals surface area contributed by atoms with Crippen LogP contribution in [0.3, 0.4) is 0 Å². The predicted octanol–water partition coefficient (Wildman–Crippen LogP) is 11.2. The fraction of sp³-hybridized carbons (Fsp3) is 0.316. The van der Waals surface area contributed by atoms with Gasteiger partial charge in [-0.3, -0.25) is 14.4 Å². The van der Waals surface area contributed by atoms with E-state index in [-0.39, 0.29) is 50.1 Å². The van der Waals surface area contributed by atoms with E-state index in [1.165, 1.54) is 248 Å². The van der Waals surface area contributed by atoms with E-state index >= 15 is 0 Å². The average Bonchev–Trinajstić information content (AvgIpc) is 1.62. The van der Waals surface area contributed by atoms with Crippen molar-refractivity contribution in [2.24, 2.45) is 10.8 Å². The van der Waals surface area contributed by atoms with Gasteiger partial charge in [-0.25, -0.2) is 47.9 Å². The van der Waals surface area contributed by atoms with Crippen LogP contribution in [0.15, 0.2) is 273 Å². The van der Waals surface area contributed by atoms with Crippen molar-refractivity contribution in [2.75, 3.05) is 26.4 Å². The van der Waals surface area contributed by atoms with Gasteiger partial charge in [-0.2, -0.15) is 0 Å². The van der Waals surface area contributed by atoms with Crippen molar-refractivity contribution in [2.45, 2.75) is 159 Å². The molecule has 9 aromatic carbocycles. The zero-order valence-electron chi connectivity index (χ0n) is 71.8. The molecule has 131 heavy (non-hydrogen) atoms. The lowest BCUT2D eigenvalue weighted by molar-refractivity contribution is -0.264. The van der Waals surface area contributed by atoms with Gasteiger partial charge in [-0.15, -0.1) is 0 Å². The van der Waals surface area contributed by atoms with Crippen molar-refractivity contribution in [3.8, 4) is 0 Å². The van der Waals surface area contributed by atoms with Gasteiger partial charge in [-0.1, -0.05) is 164 Å². The van der Waals surface area contributed by atoms with Crippen molar-refractivity contribution in [1.29, 1.82) is 0 Å².